The molecular formula is C17H15N7O2S2. The molecule has 0 spiro atoms. The van der Waals surface area contributed by atoms with E-state index < -0.39 is 10.0 Å². The number of sulfonamides is 1. The Morgan fingerprint density at radius 1 is 0.964 bits per heavy atom. The van der Waals surface area contributed by atoms with Crippen molar-refractivity contribution in [2.24, 2.45) is 0 Å². The highest BCUT2D eigenvalue weighted by molar-refractivity contribution is 7.92. The van der Waals surface area contributed by atoms with Crippen LogP contribution in [0.2, 0.25) is 0 Å². The van der Waals surface area contributed by atoms with E-state index in [9.17, 15) is 8.42 Å². The molecule has 2 heterocycles. The van der Waals surface area contributed by atoms with Gasteiger partial charge in [-0.3, -0.25) is 14.9 Å². The first kappa shape index (κ1) is 17.9. The summed E-state index contributed by atoms with van der Waals surface area (Å²) in [5.74, 6) is 0.781. The van der Waals surface area contributed by atoms with Crippen molar-refractivity contribution in [1.29, 1.82) is 0 Å². The van der Waals surface area contributed by atoms with E-state index in [1.165, 1.54) is 23.0 Å². The Bertz CT molecular complexity index is 1240. The van der Waals surface area contributed by atoms with Crippen molar-refractivity contribution in [3.8, 4) is 5.69 Å². The second-order valence-corrected chi connectivity index (χ2v) is 7.80. The Morgan fingerprint density at radius 3 is 2.39 bits per heavy atom. The van der Waals surface area contributed by atoms with Crippen molar-refractivity contribution >= 4 is 39.7 Å². The van der Waals surface area contributed by atoms with E-state index in [-0.39, 0.29) is 4.90 Å². The number of aromatic amines is 2. The molecule has 0 bridgehead atoms. The summed E-state index contributed by atoms with van der Waals surface area (Å²) < 4.78 is 29.9. The van der Waals surface area contributed by atoms with Crippen molar-refractivity contribution < 1.29 is 8.42 Å². The van der Waals surface area contributed by atoms with Gasteiger partial charge in [-0.15, -0.1) is 0 Å². The van der Waals surface area contributed by atoms with E-state index in [0.717, 1.165) is 5.69 Å². The maximum Gasteiger partial charge on any atom is 0.263 e. The Morgan fingerprint density at radius 2 is 1.71 bits per heavy atom. The molecule has 4 rings (SSSR count). The van der Waals surface area contributed by atoms with Crippen LogP contribution in [0, 0.1) is 4.77 Å². The van der Waals surface area contributed by atoms with Crippen LogP contribution >= 0.6 is 12.2 Å². The fraction of sp³-hybridized carbons (Fsp3) is 0. The number of nitrogens with zero attached hydrogens (tertiary/aromatic N) is 3. The number of H-pyrrole nitrogens is 2. The summed E-state index contributed by atoms with van der Waals surface area (Å²) in [5.41, 5.74) is 1.41. The summed E-state index contributed by atoms with van der Waals surface area (Å²) in [7, 11) is -3.78. The highest BCUT2D eigenvalue weighted by Crippen LogP contribution is 2.21. The van der Waals surface area contributed by atoms with Crippen LogP contribution in [-0.4, -0.2) is 33.4 Å². The van der Waals surface area contributed by atoms with Crippen LogP contribution in [0.1, 0.15) is 0 Å². The minimum atomic E-state index is -3.78. The number of para-hydroxylation sites is 1. The average molecular weight is 413 g/mol. The monoisotopic (exact) mass is 413 g/mol. The molecule has 0 aliphatic heterocycles. The van der Waals surface area contributed by atoms with E-state index >= 15 is 0 Å². The van der Waals surface area contributed by atoms with E-state index in [0.29, 0.717) is 22.2 Å². The molecule has 0 aliphatic carbocycles. The van der Waals surface area contributed by atoms with Gasteiger partial charge in [0.15, 0.2) is 0 Å². The maximum atomic E-state index is 12.7. The first-order chi connectivity index (χ1) is 13.5. The topological polar surface area (TPSA) is 120 Å². The fourth-order valence-electron chi connectivity index (χ4n) is 2.54. The number of rotatable bonds is 6. The molecule has 0 saturated heterocycles. The number of hydrogen-bond acceptors (Lipinski definition) is 6. The molecule has 2 aromatic carbocycles. The van der Waals surface area contributed by atoms with Gasteiger partial charge in [0.2, 0.25) is 10.7 Å². The maximum absolute atomic E-state index is 12.7. The lowest BCUT2D eigenvalue weighted by atomic mass is 10.3. The Balaban J connectivity index is 1.55. The van der Waals surface area contributed by atoms with Gasteiger partial charge < -0.3 is 5.32 Å². The molecule has 0 amide bonds. The minimum absolute atomic E-state index is 0.119. The fourth-order valence-corrected chi connectivity index (χ4v) is 3.72. The lowest BCUT2D eigenvalue weighted by molar-refractivity contribution is 0.600. The number of benzene rings is 2. The molecule has 28 heavy (non-hydrogen) atoms. The molecule has 0 radical (unpaired) electrons. The lowest BCUT2D eigenvalue weighted by Crippen LogP contribution is -2.16. The molecule has 4 N–H and O–H groups in total. The second kappa shape index (κ2) is 7.29. The number of aromatic nitrogens is 5. The normalized spacial score (nSPS) is 11.3. The van der Waals surface area contributed by atoms with E-state index in [2.05, 4.69) is 30.3 Å². The van der Waals surface area contributed by atoms with Crippen molar-refractivity contribution in [1.82, 2.24) is 25.0 Å². The van der Waals surface area contributed by atoms with E-state index in [1.807, 2.05) is 30.3 Å². The molecule has 0 fully saturated rings. The summed E-state index contributed by atoms with van der Waals surface area (Å²) in [5, 5.41) is 12.6. The molecule has 9 nitrogen and oxygen atoms in total. The van der Waals surface area contributed by atoms with Crippen LogP contribution in [0.4, 0.5) is 17.5 Å². The summed E-state index contributed by atoms with van der Waals surface area (Å²) >= 11 is 4.89. The van der Waals surface area contributed by atoms with Crippen molar-refractivity contribution in [2.45, 2.75) is 4.90 Å². The average Bonchev–Trinajstić information content (AvgIpc) is 3.31. The third kappa shape index (κ3) is 3.80. The zero-order valence-corrected chi connectivity index (χ0v) is 16.0. The van der Waals surface area contributed by atoms with Crippen molar-refractivity contribution in [2.75, 3.05) is 10.0 Å². The van der Waals surface area contributed by atoms with Crippen LogP contribution in [0.3, 0.4) is 0 Å². The SMILES string of the molecule is O=S(=O)(Nc1ccnn1-c1ccccc1)c1ccc(Nc2nc(=S)[nH][nH]2)cc1. The van der Waals surface area contributed by atoms with Gasteiger partial charge in [-0.05, 0) is 48.6 Å². The van der Waals surface area contributed by atoms with Gasteiger partial charge in [-0.2, -0.15) is 10.1 Å². The van der Waals surface area contributed by atoms with Gasteiger partial charge in [0.1, 0.15) is 5.82 Å². The number of anilines is 3. The molecule has 0 unspecified atom stereocenters. The van der Waals surface area contributed by atoms with Gasteiger partial charge in [0.25, 0.3) is 10.0 Å². The molecule has 2 aromatic heterocycles. The standard InChI is InChI=1S/C17H15N7O2S2/c25-28(26,23-15-10-11-18-24(15)13-4-2-1-3-5-13)14-8-6-12(7-9-14)19-16-20-17(27)22-21-16/h1-11,23H,(H3,19,20,21,22,27). The minimum Gasteiger partial charge on any atom is -0.325 e. The lowest BCUT2D eigenvalue weighted by Gasteiger charge is -2.11. The Hall–Kier alpha value is -3.44. The molecular weight excluding hydrogens is 398 g/mol. The summed E-state index contributed by atoms with van der Waals surface area (Å²) in [6, 6.07) is 17.1. The van der Waals surface area contributed by atoms with Crippen LogP contribution < -0.4 is 10.0 Å². The summed E-state index contributed by atoms with van der Waals surface area (Å²) in [6.45, 7) is 0. The highest BCUT2D eigenvalue weighted by Gasteiger charge is 2.17. The highest BCUT2D eigenvalue weighted by atomic mass is 32.2. The molecule has 0 saturated carbocycles. The zero-order chi connectivity index (χ0) is 19.6. The predicted molar refractivity (Wildman–Crippen MR) is 108 cm³/mol. The first-order valence-corrected chi connectivity index (χ1v) is 10.0. The number of nitrogens with one attached hydrogen (secondary N) is 4. The van der Waals surface area contributed by atoms with Crippen LogP contribution in [0.15, 0.2) is 71.8 Å². The third-order valence-corrected chi connectivity index (χ3v) is 5.37. The third-order valence-electron chi connectivity index (χ3n) is 3.81. The smallest absolute Gasteiger partial charge is 0.263 e. The van der Waals surface area contributed by atoms with Crippen LogP contribution in [0.25, 0.3) is 5.69 Å². The van der Waals surface area contributed by atoms with E-state index in [4.69, 9.17) is 12.2 Å². The summed E-state index contributed by atoms with van der Waals surface area (Å²) in [4.78, 5) is 4.14. The van der Waals surface area contributed by atoms with Crippen molar-refractivity contribution in [3.05, 3.63) is 71.6 Å². The van der Waals surface area contributed by atoms with Gasteiger partial charge >= 0.3 is 0 Å². The summed E-state index contributed by atoms with van der Waals surface area (Å²) in [6.07, 6.45) is 1.53. The second-order valence-electron chi connectivity index (χ2n) is 5.73. The molecule has 0 atom stereocenters. The predicted octanol–water partition coefficient (Wildman–Crippen LogP) is 3.20. The van der Waals surface area contributed by atoms with Gasteiger partial charge in [-0.1, -0.05) is 18.2 Å². The largest absolute Gasteiger partial charge is 0.325 e. The Labute approximate surface area is 165 Å². The molecule has 11 heteroatoms. The number of hydrogen-bond donors (Lipinski definition) is 4. The zero-order valence-electron chi connectivity index (χ0n) is 14.3. The van der Waals surface area contributed by atoms with Gasteiger partial charge in [0.05, 0.1) is 16.8 Å². The van der Waals surface area contributed by atoms with Gasteiger partial charge in [0, 0.05) is 11.8 Å². The van der Waals surface area contributed by atoms with Crippen LogP contribution in [0.5, 0.6) is 0 Å². The van der Waals surface area contributed by atoms with Gasteiger partial charge in [-0.25, -0.2) is 13.1 Å². The molecule has 142 valence electrons. The Kier molecular flexibility index (Phi) is 4.67. The van der Waals surface area contributed by atoms with Crippen molar-refractivity contribution in [3.63, 3.8) is 0 Å². The molecule has 0 aliphatic rings. The van der Waals surface area contributed by atoms with Crippen LogP contribution in [-0.2, 0) is 10.0 Å². The van der Waals surface area contributed by atoms with E-state index in [1.54, 1.807) is 18.2 Å². The quantitative estimate of drug-likeness (QED) is 0.360. The molecule has 4 aromatic rings. The first-order valence-electron chi connectivity index (χ1n) is 8.15.